The van der Waals surface area contributed by atoms with Crippen LogP contribution in [0.25, 0.3) is 0 Å². The highest BCUT2D eigenvalue weighted by molar-refractivity contribution is 7.79. The Balaban J connectivity index is 3.01. The van der Waals surface area contributed by atoms with Crippen molar-refractivity contribution in [3.05, 3.63) is 29.6 Å². The smallest absolute Gasteiger partial charge is 0.0737 e. The SMILES string of the molecule is Cc1ccc(C=S)nc1. The summed E-state index contributed by atoms with van der Waals surface area (Å²) in [5, 5.41) is 1.57. The fraction of sp³-hybridized carbons (Fsp3) is 0.143. The molecule has 2 heteroatoms. The van der Waals surface area contributed by atoms with Crippen molar-refractivity contribution in [2.75, 3.05) is 0 Å². The first-order valence-corrected chi connectivity index (χ1v) is 3.18. The molecule has 0 aromatic carbocycles. The fourth-order valence-corrected chi connectivity index (χ4v) is 0.688. The molecule has 1 aromatic rings. The topological polar surface area (TPSA) is 12.9 Å². The molecule has 1 rings (SSSR count). The summed E-state index contributed by atoms with van der Waals surface area (Å²) >= 11 is 4.67. The maximum Gasteiger partial charge on any atom is 0.0737 e. The Kier molecular flexibility index (Phi) is 1.90. The quantitative estimate of drug-likeness (QED) is 0.547. The average Bonchev–Trinajstić information content (AvgIpc) is 1.90. The maximum absolute atomic E-state index is 4.67. The van der Waals surface area contributed by atoms with Crippen molar-refractivity contribution in [2.24, 2.45) is 0 Å². The summed E-state index contributed by atoms with van der Waals surface area (Å²) in [4.78, 5) is 4.04. The van der Waals surface area contributed by atoms with Crippen LogP contribution >= 0.6 is 12.2 Å². The van der Waals surface area contributed by atoms with Crippen LogP contribution in [0.5, 0.6) is 0 Å². The summed E-state index contributed by atoms with van der Waals surface area (Å²) in [6.45, 7) is 2.00. The van der Waals surface area contributed by atoms with E-state index in [2.05, 4.69) is 17.2 Å². The standard InChI is InChI=1S/C7H7NS/c1-6-2-3-7(5-9)8-4-6/h2-5H,1H3. The van der Waals surface area contributed by atoms with Crippen molar-refractivity contribution < 1.29 is 0 Å². The van der Waals surface area contributed by atoms with Crippen molar-refractivity contribution in [1.29, 1.82) is 0 Å². The van der Waals surface area contributed by atoms with Crippen LogP contribution in [0.15, 0.2) is 18.3 Å². The van der Waals surface area contributed by atoms with E-state index in [0.717, 1.165) is 11.3 Å². The number of pyridine rings is 1. The Hall–Kier alpha value is -0.760. The zero-order valence-corrected chi connectivity index (χ0v) is 5.98. The minimum absolute atomic E-state index is 0.857. The Morgan fingerprint density at radius 3 is 2.78 bits per heavy atom. The Morgan fingerprint density at radius 2 is 2.33 bits per heavy atom. The number of hydrogen-bond donors (Lipinski definition) is 0. The van der Waals surface area contributed by atoms with Crippen LogP contribution in [0.3, 0.4) is 0 Å². The molecule has 0 aliphatic carbocycles. The lowest BCUT2D eigenvalue weighted by molar-refractivity contribution is 1.26. The molecule has 0 bridgehead atoms. The maximum atomic E-state index is 4.67. The molecule has 9 heavy (non-hydrogen) atoms. The highest BCUT2D eigenvalue weighted by atomic mass is 32.1. The molecule has 0 spiro atoms. The van der Waals surface area contributed by atoms with Gasteiger partial charge < -0.3 is 0 Å². The summed E-state index contributed by atoms with van der Waals surface area (Å²) in [6.07, 6.45) is 1.80. The van der Waals surface area contributed by atoms with Gasteiger partial charge in [0.15, 0.2) is 0 Å². The molecule has 0 atom stereocenters. The Labute approximate surface area is 59.7 Å². The molecule has 1 nitrogen and oxygen atoms in total. The fourth-order valence-electron chi connectivity index (χ4n) is 0.549. The van der Waals surface area contributed by atoms with E-state index in [1.807, 2.05) is 19.1 Å². The van der Waals surface area contributed by atoms with E-state index in [1.165, 1.54) is 0 Å². The van der Waals surface area contributed by atoms with Crippen LogP contribution in [0.4, 0.5) is 0 Å². The molecule has 0 radical (unpaired) electrons. The van der Waals surface area contributed by atoms with Gasteiger partial charge in [-0.1, -0.05) is 18.3 Å². The molecule has 46 valence electrons. The summed E-state index contributed by atoms with van der Waals surface area (Å²) in [5.41, 5.74) is 2.02. The highest BCUT2D eigenvalue weighted by Crippen LogP contribution is 1.94. The number of nitrogens with zero attached hydrogens (tertiary/aromatic N) is 1. The van der Waals surface area contributed by atoms with Gasteiger partial charge in [0.25, 0.3) is 0 Å². The molecular weight excluding hydrogens is 130 g/mol. The predicted octanol–water partition coefficient (Wildman–Crippen LogP) is 1.74. The van der Waals surface area contributed by atoms with Gasteiger partial charge in [0, 0.05) is 11.6 Å². The van der Waals surface area contributed by atoms with E-state index in [0.29, 0.717) is 0 Å². The second kappa shape index (κ2) is 2.69. The van der Waals surface area contributed by atoms with Crippen molar-refractivity contribution in [1.82, 2.24) is 4.98 Å². The van der Waals surface area contributed by atoms with Gasteiger partial charge in [-0.25, -0.2) is 0 Å². The lowest BCUT2D eigenvalue weighted by atomic mass is 10.3. The molecule has 0 aliphatic rings. The van der Waals surface area contributed by atoms with E-state index < -0.39 is 0 Å². The van der Waals surface area contributed by atoms with Gasteiger partial charge in [-0.2, -0.15) is 0 Å². The molecule has 1 heterocycles. The number of hydrogen-bond acceptors (Lipinski definition) is 2. The van der Waals surface area contributed by atoms with E-state index in [9.17, 15) is 0 Å². The van der Waals surface area contributed by atoms with E-state index in [1.54, 1.807) is 11.6 Å². The third kappa shape index (κ3) is 1.57. The van der Waals surface area contributed by atoms with Crippen LogP contribution < -0.4 is 0 Å². The van der Waals surface area contributed by atoms with Gasteiger partial charge in [0.1, 0.15) is 0 Å². The first-order chi connectivity index (χ1) is 4.33. The van der Waals surface area contributed by atoms with Gasteiger partial charge in [-0.15, -0.1) is 0 Å². The Morgan fingerprint density at radius 1 is 1.56 bits per heavy atom. The monoisotopic (exact) mass is 137 g/mol. The van der Waals surface area contributed by atoms with E-state index >= 15 is 0 Å². The zero-order valence-electron chi connectivity index (χ0n) is 5.16. The van der Waals surface area contributed by atoms with Gasteiger partial charge in [0.2, 0.25) is 0 Å². The normalized spacial score (nSPS) is 9.00. The molecule has 0 amide bonds. The number of thiocarbonyl (C=S) groups is 1. The molecule has 0 fully saturated rings. The second-order valence-corrected chi connectivity index (χ2v) is 2.11. The third-order valence-electron chi connectivity index (χ3n) is 1.05. The molecule has 0 aliphatic heterocycles. The molecule has 0 saturated heterocycles. The molecule has 1 aromatic heterocycles. The van der Waals surface area contributed by atoms with Gasteiger partial charge in [0.05, 0.1) is 5.69 Å². The molecule has 0 N–H and O–H groups in total. The van der Waals surface area contributed by atoms with Gasteiger partial charge >= 0.3 is 0 Å². The Bertz CT molecular complexity index is 203. The molecule has 0 unspecified atom stereocenters. The van der Waals surface area contributed by atoms with E-state index in [4.69, 9.17) is 0 Å². The highest BCUT2D eigenvalue weighted by Gasteiger charge is 1.84. The van der Waals surface area contributed by atoms with Crippen molar-refractivity contribution in [3.63, 3.8) is 0 Å². The summed E-state index contributed by atoms with van der Waals surface area (Å²) < 4.78 is 0. The minimum Gasteiger partial charge on any atom is -0.256 e. The lowest BCUT2D eigenvalue weighted by Gasteiger charge is -1.89. The van der Waals surface area contributed by atoms with Crippen molar-refractivity contribution >= 4 is 17.6 Å². The number of aromatic nitrogens is 1. The van der Waals surface area contributed by atoms with Crippen molar-refractivity contribution in [2.45, 2.75) is 6.92 Å². The van der Waals surface area contributed by atoms with Gasteiger partial charge in [-0.05, 0) is 18.6 Å². The summed E-state index contributed by atoms with van der Waals surface area (Å²) in [6, 6.07) is 3.90. The van der Waals surface area contributed by atoms with Crippen LogP contribution in [0, 0.1) is 6.92 Å². The number of aryl methyl sites for hydroxylation is 1. The first kappa shape index (κ1) is 6.36. The van der Waals surface area contributed by atoms with Crippen molar-refractivity contribution in [3.8, 4) is 0 Å². The minimum atomic E-state index is 0.857. The predicted molar refractivity (Wildman–Crippen MR) is 41.7 cm³/mol. The van der Waals surface area contributed by atoms with E-state index in [-0.39, 0.29) is 0 Å². The number of rotatable bonds is 1. The second-order valence-electron chi connectivity index (χ2n) is 1.88. The third-order valence-corrected chi connectivity index (χ3v) is 1.30. The summed E-state index contributed by atoms with van der Waals surface area (Å²) in [7, 11) is 0. The van der Waals surface area contributed by atoms with Crippen LogP contribution in [0.2, 0.25) is 0 Å². The van der Waals surface area contributed by atoms with Gasteiger partial charge in [-0.3, -0.25) is 4.98 Å². The molecular formula is C7H7NS. The summed E-state index contributed by atoms with van der Waals surface area (Å²) in [5.74, 6) is 0. The molecule has 0 saturated carbocycles. The van der Waals surface area contributed by atoms with Crippen LogP contribution in [0.1, 0.15) is 11.3 Å². The first-order valence-electron chi connectivity index (χ1n) is 2.71. The average molecular weight is 137 g/mol. The van der Waals surface area contributed by atoms with Crippen LogP contribution in [-0.4, -0.2) is 10.4 Å². The largest absolute Gasteiger partial charge is 0.256 e. The zero-order chi connectivity index (χ0) is 6.69. The lowest BCUT2D eigenvalue weighted by Crippen LogP contribution is -1.83. The van der Waals surface area contributed by atoms with Crippen LogP contribution in [-0.2, 0) is 0 Å².